The molecule has 1 N–H and O–H groups in total. The van der Waals surface area contributed by atoms with Crippen LogP contribution in [0, 0.1) is 11.7 Å². The number of hydrogen-bond acceptors (Lipinski definition) is 4. The fraction of sp³-hybridized carbons (Fsp3) is 0.471. The summed E-state index contributed by atoms with van der Waals surface area (Å²) in [6.07, 6.45) is 0.494. The topological polar surface area (TPSA) is 75.7 Å². The van der Waals surface area contributed by atoms with Gasteiger partial charge in [0.05, 0.1) is 18.6 Å². The number of halogens is 1. The molecule has 132 valence electrons. The van der Waals surface area contributed by atoms with Crippen molar-refractivity contribution in [3.8, 4) is 0 Å². The van der Waals surface area contributed by atoms with Crippen LogP contribution in [0.5, 0.6) is 0 Å². The van der Waals surface area contributed by atoms with E-state index in [1.165, 1.54) is 37.1 Å². The predicted molar refractivity (Wildman–Crippen MR) is 86.8 cm³/mol. The van der Waals surface area contributed by atoms with Gasteiger partial charge in [-0.3, -0.25) is 14.4 Å². The Balaban J connectivity index is 2.83. The number of rotatable bonds is 8. The Morgan fingerprint density at radius 2 is 1.96 bits per heavy atom. The number of benzene rings is 1. The maximum Gasteiger partial charge on any atom is 0.310 e. The van der Waals surface area contributed by atoms with Gasteiger partial charge in [-0.1, -0.05) is 19.1 Å². The molecule has 0 saturated carbocycles. The minimum absolute atomic E-state index is 0.0471. The van der Waals surface area contributed by atoms with E-state index in [0.29, 0.717) is 13.0 Å². The molecule has 1 atom stereocenters. The van der Waals surface area contributed by atoms with Crippen molar-refractivity contribution < 1.29 is 23.5 Å². The molecule has 1 aromatic rings. The van der Waals surface area contributed by atoms with Gasteiger partial charge in [0.15, 0.2) is 0 Å². The van der Waals surface area contributed by atoms with Crippen molar-refractivity contribution in [1.29, 1.82) is 0 Å². The molecule has 0 aliphatic heterocycles. The smallest absolute Gasteiger partial charge is 0.310 e. The van der Waals surface area contributed by atoms with E-state index in [0.717, 1.165) is 0 Å². The molecule has 1 aromatic carbocycles. The third kappa shape index (κ3) is 5.98. The fourth-order valence-corrected chi connectivity index (χ4v) is 2.22. The summed E-state index contributed by atoms with van der Waals surface area (Å²) < 4.78 is 18.5. The summed E-state index contributed by atoms with van der Waals surface area (Å²) >= 11 is 0. The summed E-state index contributed by atoms with van der Waals surface area (Å²) in [5.74, 6) is -2.24. The van der Waals surface area contributed by atoms with Gasteiger partial charge in [-0.05, 0) is 18.6 Å². The highest BCUT2D eigenvalue weighted by Gasteiger charge is 2.23. The molecule has 0 spiro atoms. The van der Waals surface area contributed by atoms with Gasteiger partial charge in [-0.2, -0.15) is 0 Å². The van der Waals surface area contributed by atoms with Gasteiger partial charge in [0, 0.05) is 26.6 Å². The van der Waals surface area contributed by atoms with Gasteiger partial charge in [0.1, 0.15) is 5.82 Å². The van der Waals surface area contributed by atoms with Crippen molar-refractivity contribution in [2.75, 3.05) is 26.7 Å². The number of carbonyl (C=O) groups excluding carboxylic acids is 3. The molecule has 0 heterocycles. The molecule has 0 radical (unpaired) electrons. The van der Waals surface area contributed by atoms with Crippen LogP contribution in [0.15, 0.2) is 24.3 Å². The number of nitrogens with one attached hydrogen (secondary N) is 1. The molecule has 7 heteroatoms. The van der Waals surface area contributed by atoms with Crippen molar-refractivity contribution >= 4 is 17.8 Å². The standard InChI is InChI=1S/C17H23FN2O4/c1-12(17(23)24-3)11-20(10-6-9-19-13(2)21)16(22)14-7-4-5-8-15(14)18/h4-5,7-8,12H,6,9-11H2,1-3H3,(H,19,21). The maximum atomic E-state index is 13.9. The Hall–Kier alpha value is -2.44. The SMILES string of the molecule is COC(=O)C(C)CN(CCCNC(C)=O)C(=O)c1ccccc1F. The highest BCUT2D eigenvalue weighted by molar-refractivity contribution is 5.94. The monoisotopic (exact) mass is 338 g/mol. The molecule has 1 rings (SSSR count). The fourth-order valence-electron chi connectivity index (χ4n) is 2.22. The molecule has 1 unspecified atom stereocenters. The minimum Gasteiger partial charge on any atom is -0.469 e. The summed E-state index contributed by atoms with van der Waals surface area (Å²) in [4.78, 5) is 36.5. The van der Waals surface area contributed by atoms with Crippen LogP contribution >= 0.6 is 0 Å². The van der Waals surface area contributed by atoms with Gasteiger partial charge in [-0.25, -0.2) is 4.39 Å². The van der Waals surface area contributed by atoms with Crippen LogP contribution < -0.4 is 5.32 Å². The predicted octanol–water partition coefficient (Wildman–Crippen LogP) is 1.60. The second kappa shape index (κ2) is 9.64. The van der Waals surface area contributed by atoms with E-state index in [9.17, 15) is 18.8 Å². The van der Waals surface area contributed by atoms with Crippen molar-refractivity contribution in [3.63, 3.8) is 0 Å². The number of hydrogen-bond donors (Lipinski definition) is 1. The molecule has 0 bridgehead atoms. The van der Waals surface area contributed by atoms with Crippen LogP contribution in [0.25, 0.3) is 0 Å². The zero-order valence-corrected chi connectivity index (χ0v) is 14.2. The zero-order chi connectivity index (χ0) is 18.1. The second-order valence-electron chi connectivity index (χ2n) is 5.49. The highest BCUT2D eigenvalue weighted by atomic mass is 19.1. The number of ether oxygens (including phenoxy) is 1. The van der Waals surface area contributed by atoms with Crippen LogP contribution in [-0.4, -0.2) is 49.4 Å². The molecule has 0 saturated heterocycles. The molecule has 24 heavy (non-hydrogen) atoms. The lowest BCUT2D eigenvalue weighted by Gasteiger charge is -2.25. The summed E-state index contributed by atoms with van der Waals surface area (Å²) in [5, 5.41) is 2.64. The van der Waals surface area contributed by atoms with Gasteiger partial charge in [-0.15, -0.1) is 0 Å². The Labute approximate surface area is 141 Å². The quantitative estimate of drug-likeness (QED) is 0.577. The van der Waals surface area contributed by atoms with E-state index >= 15 is 0 Å². The molecular formula is C17H23FN2O4. The Morgan fingerprint density at radius 1 is 1.29 bits per heavy atom. The Morgan fingerprint density at radius 3 is 2.54 bits per heavy atom. The first kappa shape index (κ1) is 19.6. The normalized spacial score (nSPS) is 11.5. The first-order valence-corrected chi connectivity index (χ1v) is 7.72. The van der Waals surface area contributed by atoms with Crippen LogP contribution in [0.3, 0.4) is 0 Å². The average Bonchev–Trinajstić information content (AvgIpc) is 2.56. The van der Waals surface area contributed by atoms with Crippen molar-refractivity contribution in [1.82, 2.24) is 10.2 Å². The van der Waals surface area contributed by atoms with Gasteiger partial charge < -0.3 is 15.0 Å². The van der Waals surface area contributed by atoms with Crippen LogP contribution in [-0.2, 0) is 14.3 Å². The van der Waals surface area contributed by atoms with Crippen molar-refractivity contribution in [2.45, 2.75) is 20.3 Å². The first-order valence-electron chi connectivity index (χ1n) is 7.72. The lowest BCUT2D eigenvalue weighted by Crippen LogP contribution is -2.39. The molecule has 0 aliphatic rings. The average molecular weight is 338 g/mol. The van der Waals surface area contributed by atoms with E-state index in [4.69, 9.17) is 0 Å². The number of esters is 1. The summed E-state index contributed by atoms with van der Waals surface area (Å²) in [7, 11) is 1.28. The summed E-state index contributed by atoms with van der Waals surface area (Å²) in [6, 6.07) is 5.70. The Kier molecular flexibility index (Phi) is 7.88. The first-order chi connectivity index (χ1) is 11.4. The highest BCUT2D eigenvalue weighted by Crippen LogP contribution is 2.13. The lowest BCUT2D eigenvalue weighted by molar-refractivity contribution is -0.145. The van der Waals surface area contributed by atoms with Crippen molar-refractivity contribution in [3.05, 3.63) is 35.6 Å². The maximum absolute atomic E-state index is 13.9. The van der Waals surface area contributed by atoms with E-state index in [2.05, 4.69) is 10.1 Å². The van der Waals surface area contributed by atoms with E-state index in [1.54, 1.807) is 13.0 Å². The summed E-state index contributed by atoms with van der Waals surface area (Å²) in [5.41, 5.74) is -0.0471. The number of methoxy groups -OCH3 is 1. The van der Waals surface area contributed by atoms with Gasteiger partial charge in [0.25, 0.3) is 5.91 Å². The molecular weight excluding hydrogens is 315 g/mol. The van der Waals surface area contributed by atoms with Gasteiger partial charge >= 0.3 is 5.97 Å². The molecule has 6 nitrogen and oxygen atoms in total. The third-order valence-electron chi connectivity index (χ3n) is 3.47. The number of nitrogens with zero attached hydrogens (tertiary/aromatic N) is 1. The molecule has 0 aromatic heterocycles. The summed E-state index contributed by atoms with van der Waals surface area (Å²) in [6.45, 7) is 3.83. The second-order valence-corrected chi connectivity index (χ2v) is 5.49. The van der Waals surface area contributed by atoms with Crippen molar-refractivity contribution in [2.24, 2.45) is 5.92 Å². The molecule has 2 amide bonds. The zero-order valence-electron chi connectivity index (χ0n) is 14.2. The minimum atomic E-state index is -0.611. The van der Waals surface area contributed by atoms with E-state index in [1.807, 2.05) is 0 Å². The van der Waals surface area contributed by atoms with Crippen LogP contribution in [0.1, 0.15) is 30.6 Å². The van der Waals surface area contributed by atoms with Gasteiger partial charge in [0.2, 0.25) is 5.91 Å². The van der Waals surface area contributed by atoms with Crippen LogP contribution in [0.2, 0.25) is 0 Å². The van der Waals surface area contributed by atoms with Crippen LogP contribution in [0.4, 0.5) is 4.39 Å². The number of carbonyl (C=O) groups is 3. The van der Waals surface area contributed by atoms with E-state index < -0.39 is 23.6 Å². The largest absolute Gasteiger partial charge is 0.469 e. The third-order valence-corrected chi connectivity index (χ3v) is 3.47. The number of amides is 2. The van der Waals surface area contributed by atoms with E-state index in [-0.39, 0.29) is 24.6 Å². The molecule has 0 fully saturated rings. The molecule has 0 aliphatic carbocycles. The Bertz CT molecular complexity index is 592. The lowest BCUT2D eigenvalue weighted by atomic mass is 10.1.